The molecule has 0 bridgehead atoms. The minimum atomic E-state index is -4.61. The molecular weight excluding hydrogens is 677 g/mol. The molecule has 4 rings (SSSR count). The van der Waals surface area contributed by atoms with E-state index in [2.05, 4.69) is 6.92 Å². The van der Waals surface area contributed by atoms with Gasteiger partial charge in [-0.05, 0) is 84.3 Å². The van der Waals surface area contributed by atoms with Gasteiger partial charge in [0, 0.05) is 24.8 Å². The van der Waals surface area contributed by atoms with E-state index in [9.17, 15) is 37.5 Å². The number of ether oxygens (including phenoxy) is 2. The van der Waals surface area contributed by atoms with Gasteiger partial charge >= 0.3 is 18.1 Å². The van der Waals surface area contributed by atoms with Gasteiger partial charge in [-0.15, -0.1) is 0 Å². The van der Waals surface area contributed by atoms with Crippen molar-refractivity contribution in [2.75, 3.05) is 25.1 Å². The van der Waals surface area contributed by atoms with E-state index in [0.29, 0.717) is 29.2 Å². The van der Waals surface area contributed by atoms with Gasteiger partial charge < -0.3 is 24.4 Å². The molecule has 0 aliphatic rings. The van der Waals surface area contributed by atoms with Crippen molar-refractivity contribution in [2.45, 2.75) is 58.2 Å². The maximum Gasteiger partial charge on any atom is 0.416 e. The van der Waals surface area contributed by atoms with E-state index in [4.69, 9.17) is 9.47 Å². The third kappa shape index (κ3) is 11.4. The number of benzene rings is 4. The zero-order valence-corrected chi connectivity index (χ0v) is 29.0. The highest BCUT2D eigenvalue weighted by molar-refractivity contribution is 5.98. The maximum atomic E-state index is 13.4. The Morgan fingerprint density at radius 2 is 1.37 bits per heavy atom. The SMILES string of the molecule is CCCCCCCOc1ccc(C(=O)Oc2ccc(CN(CC(=O)O)C(=O)c3ccc(N(C)C(=O)Cc4ccccc4C(F)(F)F)cc3)cc2)cc1. The number of carboxylic acids is 1. The van der Waals surface area contributed by atoms with E-state index in [1.807, 2.05) is 0 Å². The second kappa shape index (κ2) is 18.5. The van der Waals surface area contributed by atoms with Crippen molar-refractivity contribution in [3.05, 3.63) is 125 Å². The van der Waals surface area contributed by atoms with Crippen LogP contribution in [-0.4, -0.2) is 54.0 Å². The highest BCUT2D eigenvalue weighted by Gasteiger charge is 2.33. The quantitative estimate of drug-likeness (QED) is 0.0665. The van der Waals surface area contributed by atoms with Crippen LogP contribution in [0, 0.1) is 0 Å². The van der Waals surface area contributed by atoms with Gasteiger partial charge in [-0.3, -0.25) is 14.4 Å². The number of carbonyl (C=O) groups is 4. The van der Waals surface area contributed by atoms with Crippen molar-refractivity contribution in [1.82, 2.24) is 4.90 Å². The third-order valence-corrected chi connectivity index (χ3v) is 8.27. The molecule has 52 heavy (non-hydrogen) atoms. The van der Waals surface area contributed by atoms with E-state index in [1.165, 1.54) is 73.7 Å². The van der Waals surface area contributed by atoms with Crippen LogP contribution >= 0.6 is 0 Å². The number of halogens is 3. The van der Waals surface area contributed by atoms with Crippen molar-refractivity contribution in [3.63, 3.8) is 0 Å². The molecule has 274 valence electrons. The van der Waals surface area contributed by atoms with Crippen LogP contribution in [0.5, 0.6) is 11.5 Å². The molecule has 1 N–H and O–H groups in total. The first-order valence-corrected chi connectivity index (χ1v) is 16.9. The molecular formula is C40H41F3N2O7. The van der Waals surface area contributed by atoms with E-state index in [0.717, 1.165) is 23.8 Å². The number of nitrogens with zero attached hydrogens (tertiary/aromatic N) is 2. The standard InChI is InChI=1S/C40H41F3N2O7/c1-3-4-5-6-9-24-51-33-22-16-30(17-23-33)39(50)52-34-20-12-28(13-21-34)26-45(27-37(47)48)38(49)29-14-18-32(19-15-29)44(2)36(46)25-31-10-7-8-11-35(31)40(41,42)43/h7-8,10-23H,3-6,9,24-27H2,1-2H3,(H,47,48). The number of anilines is 1. The summed E-state index contributed by atoms with van der Waals surface area (Å²) in [6.07, 6.45) is 0.562. The van der Waals surface area contributed by atoms with Crippen LogP contribution in [0.2, 0.25) is 0 Å². The highest BCUT2D eigenvalue weighted by Crippen LogP contribution is 2.32. The van der Waals surface area contributed by atoms with Crippen LogP contribution in [0.3, 0.4) is 0 Å². The van der Waals surface area contributed by atoms with E-state index >= 15 is 0 Å². The molecule has 0 aliphatic carbocycles. The van der Waals surface area contributed by atoms with Gasteiger partial charge in [0.1, 0.15) is 18.0 Å². The Labute approximate surface area is 300 Å². The lowest BCUT2D eigenvalue weighted by atomic mass is 10.0. The number of hydrogen-bond acceptors (Lipinski definition) is 6. The number of hydrogen-bond donors (Lipinski definition) is 1. The van der Waals surface area contributed by atoms with E-state index < -0.39 is 48.5 Å². The third-order valence-electron chi connectivity index (χ3n) is 8.27. The van der Waals surface area contributed by atoms with Crippen LogP contribution in [0.25, 0.3) is 0 Å². The Morgan fingerprint density at radius 1 is 0.750 bits per heavy atom. The Kier molecular flexibility index (Phi) is 14.0. The number of unbranched alkanes of at least 4 members (excludes halogenated alkanes) is 4. The Hall–Kier alpha value is -5.65. The van der Waals surface area contributed by atoms with Crippen LogP contribution in [0.15, 0.2) is 97.1 Å². The fourth-order valence-electron chi connectivity index (χ4n) is 5.38. The second-order valence-corrected chi connectivity index (χ2v) is 12.2. The zero-order chi connectivity index (χ0) is 37.7. The lowest BCUT2D eigenvalue weighted by Gasteiger charge is -2.22. The first-order chi connectivity index (χ1) is 24.8. The van der Waals surface area contributed by atoms with Gasteiger partial charge in [-0.2, -0.15) is 13.2 Å². The summed E-state index contributed by atoms with van der Waals surface area (Å²) in [5.74, 6) is -2.06. The van der Waals surface area contributed by atoms with Gasteiger partial charge in [0.25, 0.3) is 5.91 Å². The average Bonchev–Trinajstić information content (AvgIpc) is 3.13. The molecule has 4 aromatic carbocycles. The van der Waals surface area contributed by atoms with Crippen molar-refractivity contribution in [1.29, 1.82) is 0 Å². The first kappa shape index (κ1) is 39.1. The molecule has 0 spiro atoms. The monoisotopic (exact) mass is 718 g/mol. The number of amides is 2. The van der Waals surface area contributed by atoms with Gasteiger partial charge in [-0.25, -0.2) is 4.79 Å². The van der Waals surface area contributed by atoms with Crippen molar-refractivity contribution in [2.24, 2.45) is 0 Å². The zero-order valence-electron chi connectivity index (χ0n) is 29.0. The minimum Gasteiger partial charge on any atom is -0.494 e. The molecule has 0 radical (unpaired) electrons. The summed E-state index contributed by atoms with van der Waals surface area (Å²) in [5.41, 5.74) is 0.341. The number of carboxylic acid groups (broad SMARTS) is 1. The summed E-state index contributed by atoms with van der Waals surface area (Å²) in [4.78, 5) is 52.9. The van der Waals surface area contributed by atoms with Crippen LogP contribution < -0.4 is 14.4 Å². The number of alkyl halides is 3. The molecule has 0 aromatic heterocycles. The molecule has 0 fully saturated rings. The van der Waals surface area contributed by atoms with Gasteiger partial charge in [0.15, 0.2) is 0 Å². The summed E-state index contributed by atoms with van der Waals surface area (Å²) < 4.78 is 51.4. The summed E-state index contributed by atoms with van der Waals surface area (Å²) in [6.45, 7) is 2.10. The smallest absolute Gasteiger partial charge is 0.416 e. The predicted molar refractivity (Wildman–Crippen MR) is 189 cm³/mol. The maximum absolute atomic E-state index is 13.4. The Morgan fingerprint density at radius 3 is 2.00 bits per heavy atom. The van der Waals surface area contributed by atoms with E-state index in [1.54, 1.807) is 48.5 Å². The van der Waals surface area contributed by atoms with Crippen LogP contribution in [0.1, 0.15) is 76.4 Å². The van der Waals surface area contributed by atoms with Gasteiger partial charge in [-0.1, -0.05) is 62.9 Å². The molecule has 4 aromatic rings. The minimum absolute atomic E-state index is 0.0712. The van der Waals surface area contributed by atoms with Gasteiger partial charge in [0.05, 0.1) is 24.2 Å². The van der Waals surface area contributed by atoms with E-state index in [-0.39, 0.29) is 23.4 Å². The van der Waals surface area contributed by atoms with Crippen LogP contribution in [0.4, 0.5) is 18.9 Å². The van der Waals surface area contributed by atoms with Crippen molar-refractivity contribution < 1.29 is 46.9 Å². The second-order valence-electron chi connectivity index (χ2n) is 12.2. The molecule has 0 unspecified atom stereocenters. The molecule has 0 saturated heterocycles. The fourth-order valence-corrected chi connectivity index (χ4v) is 5.38. The predicted octanol–water partition coefficient (Wildman–Crippen LogP) is 8.21. The fraction of sp³-hybridized carbons (Fsp3) is 0.300. The normalized spacial score (nSPS) is 11.1. The summed E-state index contributed by atoms with van der Waals surface area (Å²) in [5, 5.41) is 9.50. The number of aliphatic carboxylic acids is 1. The summed E-state index contributed by atoms with van der Waals surface area (Å²) in [7, 11) is 1.41. The molecule has 9 nitrogen and oxygen atoms in total. The number of rotatable bonds is 17. The van der Waals surface area contributed by atoms with Crippen LogP contribution in [-0.2, 0) is 28.7 Å². The Bertz CT molecular complexity index is 1810. The molecule has 2 amide bonds. The highest BCUT2D eigenvalue weighted by atomic mass is 19.4. The van der Waals surface area contributed by atoms with Crippen molar-refractivity contribution >= 4 is 29.4 Å². The number of likely N-dealkylation sites (N-methyl/N-ethyl adjacent to an activating group) is 1. The average molecular weight is 719 g/mol. The summed E-state index contributed by atoms with van der Waals surface area (Å²) in [6, 6.07) is 23.6. The van der Waals surface area contributed by atoms with Crippen molar-refractivity contribution in [3.8, 4) is 11.5 Å². The summed E-state index contributed by atoms with van der Waals surface area (Å²) >= 11 is 0. The molecule has 0 saturated carbocycles. The molecule has 0 aliphatic heterocycles. The molecule has 12 heteroatoms. The molecule has 0 heterocycles. The molecule has 0 atom stereocenters. The number of carbonyl (C=O) groups excluding carboxylic acids is 3. The first-order valence-electron chi connectivity index (χ1n) is 16.9. The Balaban J connectivity index is 1.34. The largest absolute Gasteiger partial charge is 0.494 e. The lowest BCUT2D eigenvalue weighted by molar-refractivity contribution is -0.139. The lowest BCUT2D eigenvalue weighted by Crippen LogP contribution is -2.35. The number of esters is 1. The van der Waals surface area contributed by atoms with Gasteiger partial charge in [0.2, 0.25) is 5.91 Å². The topological polar surface area (TPSA) is 113 Å².